The first-order chi connectivity index (χ1) is 12.5. The van der Waals surface area contributed by atoms with Crippen LogP contribution in [0.1, 0.15) is 12.5 Å². The van der Waals surface area contributed by atoms with E-state index in [4.69, 9.17) is 0 Å². The van der Waals surface area contributed by atoms with Crippen LogP contribution >= 0.6 is 0 Å². The molecule has 2 N–H and O–H groups in total. The third-order valence-corrected chi connectivity index (χ3v) is 4.33. The first-order valence-corrected chi connectivity index (χ1v) is 9.11. The Morgan fingerprint density at radius 3 is 2.65 bits per heavy atom. The summed E-state index contributed by atoms with van der Waals surface area (Å²) >= 11 is 0. The molecule has 1 aromatic heterocycles. The highest BCUT2D eigenvalue weighted by Crippen LogP contribution is 2.19. The number of aliphatic imine (C=N–C) groups is 1. The number of hydrogen-bond acceptors (Lipinski definition) is 5. The van der Waals surface area contributed by atoms with Crippen LogP contribution < -0.4 is 15.5 Å². The normalized spacial score (nSPS) is 15.7. The van der Waals surface area contributed by atoms with E-state index in [-0.39, 0.29) is 12.5 Å². The molecule has 144 valence electrons. The number of rotatable bonds is 6. The van der Waals surface area contributed by atoms with Gasteiger partial charge in [0.1, 0.15) is 5.82 Å². The monoisotopic (exact) mass is 361 g/mol. The second-order valence-electron chi connectivity index (χ2n) is 6.61. The molecule has 1 aromatic rings. The summed E-state index contributed by atoms with van der Waals surface area (Å²) in [6.45, 7) is 7.50. The number of piperazine rings is 1. The number of nitrogens with one attached hydrogen (secondary N) is 2. The lowest BCUT2D eigenvalue weighted by Crippen LogP contribution is -2.45. The standard InChI is InChI=1S/C18H31N7O/c1-5-19-18(22-14-16(26)23(2)3)21-13-15-7-6-8-20-17(15)25-11-9-24(4)10-12-25/h6-8H,5,9-14H2,1-4H3,(H2,19,21,22). The molecule has 0 spiro atoms. The van der Waals surface area contributed by atoms with E-state index < -0.39 is 0 Å². The highest BCUT2D eigenvalue weighted by molar-refractivity contribution is 5.86. The average Bonchev–Trinajstić information content (AvgIpc) is 2.64. The molecular formula is C18H31N7O. The minimum Gasteiger partial charge on any atom is -0.357 e. The summed E-state index contributed by atoms with van der Waals surface area (Å²) in [6.07, 6.45) is 1.83. The van der Waals surface area contributed by atoms with Gasteiger partial charge in [-0.05, 0) is 20.0 Å². The van der Waals surface area contributed by atoms with Gasteiger partial charge in [-0.2, -0.15) is 0 Å². The van der Waals surface area contributed by atoms with Crippen LogP contribution in [0.2, 0.25) is 0 Å². The number of carbonyl (C=O) groups excluding carboxylic acids is 1. The van der Waals surface area contributed by atoms with Crippen molar-refractivity contribution < 1.29 is 4.79 Å². The molecule has 0 radical (unpaired) electrons. The van der Waals surface area contributed by atoms with Crippen molar-refractivity contribution in [3.63, 3.8) is 0 Å². The third-order valence-electron chi connectivity index (χ3n) is 4.33. The summed E-state index contributed by atoms with van der Waals surface area (Å²) in [5, 5.41) is 6.26. The van der Waals surface area contributed by atoms with Crippen LogP contribution in [0, 0.1) is 0 Å². The topological polar surface area (TPSA) is 76.1 Å². The van der Waals surface area contributed by atoms with E-state index in [0.717, 1.165) is 44.1 Å². The number of aromatic nitrogens is 1. The fourth-order valence-electron chi connectivity index (χ4n) is 2.68. The van der Waals surface area contributed by atoms with Crippen LogP contribution in [0.15, 0.2) is 23.3 Å². The van der Waals surface area contributed by atoms with Gasteiger partial charge in [0.2, 0.25) is 5.91 Å². The van der Waals surface area contributed by atoms with Gasteiger partial charge in [-0.1, -0.05) is 6.07 Å². The van der Waals surface area contributed by atoms with Crippen molar-refractivity contribution in [3.8, 4) is 0 Å². The molecule has 1 aliphatic rings. The number of anilines is 1. The van der Waals surface area contributed by atoms with Crippen LogP contribution in [-0.2, 0) is 11.3 Å². The quantitative estimate of drug-likeness (QED) is 0.548. The van der Waals surface area contributed by atoms with E-state index in [1.165, 1.54) is 0 Å². The molecule has 1 saturated heterocycles. The Kier molecular flexibility index (Phi) is 7.65. The number of amides is 1. The zero-order chi connectivity index (χ0) is 18.9. The van der Waals surface area contributed by atoms with Gasteiger partial charge in [0, 0.05) is 58.6 Å². The molecule has 0 aliphatic carbocycles. The maximum absolute atomic E-state index is 11.8. The number of pyridine rings is 1. The summed E-state index contributed by atoms with van der Waals surface area (Å²) < 4.78 is 0. The molecule has 8 nitrogen and oxygen atoms in total. The van der Waals surface area contributed by atoms with Crippen molar-refractivity contribution in [1.29, 1.82) is 0 Å². The summed E-state index contributed by atoms with van der Waals surface area (Å²) in [7, 11) is 5.63. The minimum atomic E-state index is 0.00936. The predicted molar refractivity (Wildman–Crippen MR) is 105 cm³/mol. The van der Waals surface area contributed by atoms with E-state index in [1.54, 1.807) is 19.0 Å². The molecule has 0 aromatic carbocycles. The maximum Gasteiger partial charge on any atom is 0.241 e. The Morgan fingerprint density at radius 2 is 2.00 bits per heavy atom. The van der Waals surface area contributed by atoms with Gasteiger partial charge in [0.25, 0.3) is 0 Å². The summed E-state index contributed by atoms with van der Waals surface area (Å²) in [6, 6.07) is 4.01. The average molecular weight is 361 g/mol. The summed E-state index contributed by atoms with van der Waals surface area (Å²) in [4.78, 5) is 27.2. The number of carbonyl (C=O) groups is 1. The second kappa shape index (κ2) is 9.96. The van der Waals surface area contributed by atoms with Gasteiger partial charge in [-0.25, -0.2) is 9.98 Å². The predicted octanol–water partition coefficient (Wildman–Crippen LogP) is -0.0233. The molecule has 8 heteroatoms. The van der Waals surface area contributed by atoms with Crippen LogP contribution in [0.3, 0.4) is 0 Å². The van der Waals surface area contributed by atoms with Crippen molar-refractivity contribution in [1.82, 2.24) is 25.4 Å². The molecule has 2 heterocycles. The van der Waals surface area contributed by atoms with E-state index in [2.05, 4.69) is 43.5 Å². The SMILES string of the molecule is CCNC(=NCc1cccnc1N1CCN(C)CC1)NCC(=O)N(C)C. The molecule has 0 atom stereocenters. The van der Waals surface area contributed by atoms with Crippen LogP contribution in [0.4, 0.5) is 5.82 Å². The largest absolute Gasteiger partial charge is 0.357 e. The Labute approximate surface area is 156 Å². The van der Waals surface area contributed by atoms with Gasteiger partial charge < -0.3 is 25.3 Å². The maximum atomic E-state index is 11.8. The first kappa shape index (κ1) is 20.0. The molecule has 26 heavy (non-hydrogen) atoms. The van der Waals surface area contributed by atoms with Crippen molar-refractivity contribution in [3.05, 3.63) is 23.9 Å². The molecule has 0 saturated carbocycles. The van der Waals surface area contributed by atoms with Gasteiger partial charge >= 0.3 is 0 Å². The van der Waals surface area contributed by atoms with Gasteiger partial charge in [0.05, 0.1) is 13.1 Å². The zero-order valence-corrected chi connectivity index (χ0v) is 16.3. The molecule has 1 aliphatic heterocycles. The number of guanidine groups is 1. The Bertz CT molecular complexity index is 609. The lowest BCUT2D eigenvalue weighted by molar-refractivity contribution is -0.127. The Morgan fingerprint density at radius 1 is 1.27 bits per heavy atom. The van der Waals surface area contributed by atoms with Gasteiger partial charge in [0.15, 0.2) is 5.96 Å². The Balaban J connectivity index is 2.05. The van der Waals surface area contributed by atoms with Crippen molar-refractivity contribution in [2.45, 2.75) is 13.5 Å². The summed E-state index contributed by atoms with van der Waals surface area (Å²) in [5.74, 6) is 1.65. The lowest BCUT2D eigenvalue weighted by Gasteiger charge is -2.34. The van der Waals surface area contributed by atoms with Gasteiger partial charge in [-0.15, -0.1) is 0 Å². The third kappa shape index (κ3) is 5.87. The molecule has 0 unspecified atom stereocenters. The Hall–Kier alpha value is -2.35. The van der Waals surface area contributed by atoms with E-state index in [1.807, 2.05) is 19.2 Å². The molecule has 0 bridgehead atoms. The van der Waals surface area contributed by atoms with Crippen molar-refractivity contribution in [2.24, 2.45) is 4.99 Å². The first-order valence-electron chi connectivity index (χ1n) is 9.11. The van der Waals surface area contributed by atoms with E-state index in [9.17, 15) is 4.79 Å². The fourth-order valence-corrected chi connectivity index (χ4v) is 2.68. The highest BCUT2D eigenvalue weighted by Gasteiger charge is 2.17. The van der Waals surface area contributed by atoms with Gasteiger partial charge in [-0.3, -0.25) is 4.79 Å². The van der Waals surface area contributed by atoms with Crippen molar-refractivity contribution >= 4 is 17.7 Å². The molecule has 1 amide bonds. The molecular weight excluding hydrogens is 330 g/mol. The molecule has 2 rings (SSSR count). The summed E-state index contributed by atoms with van der Waals surface area (Å²) in [5.41, 5.74) is 1.09. The number of likely N-dealkylation sites (N-methyl/N-ethyl adjacent to an activating group) is 2. The fraction of sp³-hybridized carbons (Fsp3) is 0.611. The van der Waals surface area contributed by atoms with Crippen LogP contribution in [0.25, 0.3) is 0 Å². The number of nitrogens with zero attached hydrogens (tertiary/aromatic N) is 5. The second-order valence-corrected chi connectivity index (χ2v) is 6.61. The van der Waals surface area contributed by atoms with Crippen LogP contribution in [-0.4, -0.2) is 87.1 Å². The minimum absolute atomic E-state index is 0.00936. The smallest absolute Gasteiger partial charge is 0.241 e. The van der Waals surface area contributed by atoms with E-state index >= 15 is 0 Å². The highest BCUT2D eigenvalue weighted by atomic mass is 16.2. The van der Waals surface area contributed by atoms with Crippen LogP contribution in [0.5, 0.6) is 0 Å². The van der Waals surface area contributed by atoms with E-state index in [0.29, 0.717) is 12.5 Å². The molecule has 1 fully saturated rings. The lowest BCUT2D eigenvalue weighted by atomic mass is 10.2. The van der Waals surface area contributed by atoms with Crippen molar-refractivity contribution in [2.75, 3.05) is 65.3 Å². The number of hydrogen-bond donors (Lipinski definition) is 2. The zero-order valence-electron chi connectivity index (χ0n) is 16.3.